The molecule has 0 amide bonds. The molecule has 0 saturated heterocycles. The summed E-state index contributed by atoms with van der Waals surface area (Å²) in [6, 6.07) is 0. The standard InChI is InChI=1S/C10H16ClF2N5O3/c11-7-8(14)16-10(18-17-7)15-1-2-19-3-4-20-5-6-21-9(12)13/h9H,1-6H2,(H3,14,15,16,18). The van der Waals surface area contributed by atoms with Crippen molar-refractivity contribution < 1.29 is 23.0 Å². The SMILES string of the molecule is Nc1nc(NCCOCCOCCOC(F)F)nnc1Cl. The summed E-state index contributed by atoms with van der Waals surface area (Å²) in [4.78, 5) is 3.86. The second kappa shape index (κ2) is 10.4. The van der Waals surface area contributed by atoms with E-state index in [0.717, 1.165) is 0 Å². The summed E-state index contributed by atoms with van der Waals surface area (Å²) in [5.74, 6) is 0.343. The minimum absolute atomic E-state index is 0.0461. The zero-order valence-electron chi connectivity index (χ0n) is 11.1. The first kappa shape index (κ1) is 17.7. The maximum Gasteiger partial charge on any atom is 0.345 e. The van der Waals surface area contributed by atoms with Crippen molar-refractivity contribution in [1.29, 1.82) is 0 Å². The topological polar surface area (TPSA) is 104 Å². The molecule has 1 rings (SSSR count). The van der Waals surface area contributed by atoms with Crippen molar-refractivity contribution >= 4 is 23.4 Å². The lowest BCUT2D eigenvalue weighted by Crippen LogP contribution is -2.15. The van der Waals surface area contributed by atoms with Crippen molar-refractivity contribution in [2.24, 2.45) is 0 Å². The number of anilines is 2. The highest BCUT2D eigenvalue weighted by Gasteiger charge is 2.02. The largest absolute Gasteiger partial charge is 0.381 e. The highest BCUT2D eigenvalue weighted by Crippen LogP contribution is 2.11. The molecule has 0 fully saturated rings. The van der Waals surface area contributed by atoms with Gasteiger partial charge in [-0.2, -0.15) is 13.8 Å². The predicted molar refractivity (Wildman–Crippen MR) is 71.3 cm³/mol. The zero-order valence-corrected chi connectivity index (χ0v) is 11.9. The van der Waals surface area contributed by atoms with E-state index in [4.69, 9.17) is 26.8 Å². The molecule has 1 aromatic rings. The van der Waals surface area contributed by atoms with Crippen LogP contribution in [0.1, 0.15) is 0 Å². The quantitative estimate of drug-likeness (QED) is 0.575. The van der Waals surface area contributed by atoms with Crippen molar-refractivity contribution in [3.05, 3.63) is 5.15 Å². The van der Waals surface area contributed by atoms with Gasteiger partial charge < -0.3 is 25.3 Å². The number of halogens is 3. The molecule has 0 aliphatic carbocycles. The Balaban J connectivity index is 1.94. The second-order valence-corrected chi connectivity index (χ2v) is 3.95. The Bertz CT molecular complexity index is 416. The molecular weight excluding hydrogens is 312 g/mol. The minimum atomic E-state index is -2.77. The minimum Gasteiger partial charge on any atom is -0.381 e. The molecule has 0 spiro atoms. The molecule has 1 heterocycles. The molecular formula is C10H16ClF2N5O3. The van der Waals surface area contributed by atoms with Gasteiger partial charge in [0.2, 0.25) is 5.95 Å². The van der Waals surface area contributed by atoms with Crippen molar-refractivity contribution in [1.82, 2.24) is 15.2 Å². The Labute approximate surface area is 124 Å². The Morgan fingerprint density at radius 2 is 1.76 bits per heavy atom. The lowest BCUT2D eigenvalue weighted by atomic mass is 10.6. The normalized spacial score (nSPS) is 11.0. The number of nitrogens with two attached hydrogens (primary N) is 1. The highest BCUT2D eigenvalue weighted by atomic mass is 35.5. The van der Waals surface area contributed by atoms with Gasteiger partial charge in [-0.15, -0.1) is 10.2 Å². The van der Waals surface area contributed by atoms with Gasteiger partial charge in [-0.05, 0) is 0 Å². The fourth-order valence-electron chi connectivity index (χ4n) is 1.15. The van der Waals surface area contributed by atoms with Crippen LogP contribution in [0.2, 0.25) is 5.15 Å². The number of rotatable bonds is 11. The van der Waals surface area contributed by atoms with E-state index in [1.807, 2.05) is 0 Å². The number of ether oxygens (including phenoxy) is 3. The Morgan fingerprint density at radius 3 is 2.43 bits per heavy atom. The molecule has 120 valence electrons. The second-order valence-electron chi connectivity index (χ2n) is 3.59. The number of nitrogen functional groups attached to an aromatic ring is 1. The molecule has 0 aliphatic heterocycles. The Kier molecular flexibility index (Phi) is 8.74. The summed E-state index contributed by atoms with van der Waals surface area (Å²) < 4.78 is 37.4. The van der Waals surface area contributed by atoms with Gasteiger partial charge in [-0.3, -0.25) is 0 Å². The number of hydrogen-bond acceptors (Lipinski definition) is 8. The maximum absolute atomic E-state index is 11.6. The van der Waals surface area contributed by atoms with Crippen molar-refractivity contribution in [2.45, 2.75) is 6.61 Å². The number of nitrogens with one attached hydrogen (secondary N) is 1. The lowest BCUT2D eigenvalue weighted by molar-refractivity contribution is -0.140. The number of nitrogens with zero attached hydrogens (tertiary/aromatic N) is 3. The third kappa shape index (κ3) is 8.50. The molecule has 0 radical (unpaired) electrons. The summed E-state index contributed by atoms with van der Waals surface area (Å²) in [6.45, 7) is -1.39. The van der Waals surface area contributed by atoms with Crippen molar-refractivity contribution in [2.75, 3.05) is 50.6 Å². The van der Waals surface area contributed by atoms with E-state index in [2.05, 4.69) is 25.2 Å². The van der Waals surface area contributed by atoms with Crippen LogP contribution in [0, 0.1) is 0 Å². The van der Waals surface area contributed by atoms with E-state index < -0.39 is 6.61 Å². The average molecular weight is 328 g/mol. The van der Waals surface area contributed by atoms with Crippen LogP contribution in [0.4, 0.5) is 20.5 Å². The molecule has 0 aromatic carbocycles. The van der Waals surface area contributed by atoms with Crippen LogP contribution >= 0.6 is 11.6 Å². The highest BCUT2D eigenvalue weighted by molar-refractivity contribution is 6.31. The molecule has 0 saturated carbocycles. The van der Waals surface area contributed by atoms with E-state index in [0.29, 0.717) is 26.4 Å². The van der Waals surface area contributed by atoms with Crippen LogP contribution in [0.15, 0.2) is 0 Å². The number of alkyl halides is 2. The van der Waals surface area contributed by atoms with Gasteiger partial charge in [0.15, 0.2) is 11.0 Å². The van der Waals surface area contributed by atoms with Crippen LogP contribution < -0.4 is 11.1 Å². The summed E-state index contributed by atoms with van der Waals surface area (Å²) in [6.07, 6.45) is 0. The fourth-order valence-corrected chi connectivity index (χ4v) is 1.23. The van der Waals surface area contributed by atoms with Crippen LogP contribution in [-0.2, 0) is 14.2 Å². The number of aromatic nitrogens is 3. The third-order valence-corrected chi connectivity index (χ3v) is 2.31. The van der Waals surface area contributed by atoms with Crippen LogP contribution in [0.5, 0.6) is 0 Å². The van der Waals surface area contributed by atoms with Gasteiger partial charge in [0.1, 0.15) is 0 Å². The molecule has 8 nitrogen and oxygen atoms in total. The third-order valence-electron chi connectivity index (χ3n) is 2.04. The van der Waals surface area contributed by atoms with Crippen LogP contribution in [0.25, 0.3) is 0 Å². The van der Waals surface area contributed by atoms with E-state index in [9.17, 15) is 8.78 Å². The van der Waals surface area contributed by atoms with Gasteiger partial charge in [0, 0.05) is 6.54 Å². The van der Waals surface area contributed by atoms with E-state index >= 15 is 0 Å². The Morgan fingerprint density at radius 1 is 1.10 bits per heavy atom. The van der Waals surface area contributed by atoms with E-state index in [-0.39, 0.29) is 30.1 Å². The first-order valence-electron chi connectivity index (χ1n) is 6.04. The van der Waals surface area contributed by atoms with Crippen molar-refractivity contribution in [3.63, 3.8) is 0 Å². The molecule has 1 aromatic heterocycles. The monoisotopic (exact) mass is 327 g/mol. The first-order chi connectivity index (χ1) is 10.1. The maximum atomic E-state index is 11.6. The molecule has 0 bridgehead atoms. The van der Waals surface area contributed by atoms with Crippen LogP contribution in [-0.4, -0.2) is 61.4 Å². The smallest absolute Gasteiger partial charge is 0.345 e. The average Bonchev–Trinajstić information content (AvgIpc) is 2.44. The van der Waals surface area contributed by atoms with Gasteiger partial charge >= 0.3 is 6.61 Å². The van der Waals surface area contributed by atoms with Crippen molar-refractivity contribution in [3.8, 4) is 0 Å². The number of hydrogen-bond donors (Lipinski definition) is 2. The molecule has 0 atom stereocenters. The predicted octanol–water partition coefficient (Wildman–Crippen LogP) is 0.791. The van der Waals surface area contributed by atoms with E-state index in [1.165, 1.54) is 0 Å². The molecule has 0 unspecified atom stereocenters. The van der Waals surface area contributed by atoms with Gasteiger partial charge in [0.05, 0.1) is 33.0 Å². The lowest BCUT2D eigenvalue weighted by Gasteiger charge is -2.07. The summed E-state index contributed by atoms with van der Waals surface area (Å²) >= 11 is 5.57. The molecule has 0 aliphatic rings. The molecule has 11 heteroatoms. The molecule has 3 N–H and O–H groups in total. The van der Waals surface area contributed by atoms with E-state index in [1.54, 1.807) is 0 Å². The first-order valence-corrected chi connectivity index (χ1v) is 6.42. The van der Waals surface area contributed by atoms with Gasteiger partial charge in [-0.1, -0.05) is 11.6 Å². The summed E-state index contributed by atoms with van der Waals surface area (Å²) in [5.41, 5.74) is 5.46. The summed E-state index contributed by atoms with van der Waals surface area (Å²) in [7, 11) is 0. The Hall–Kier alpha value is -1.36. The molecule has 21 heavy (non-hydrogen) atoms. The van der Waals surface area contributed by atoms with Crippen LogP contribution in [0.3, 0.4) is 0 Å². The van der Waals surface area contributed by atoms with Gasteiger partial charge in [0.25, 0.3) is 0 Å². The van der Waals surface area contributed by atoms with Gasteiger partial charge in [-0.25, -0.2) is 0 Å². The fraction of sp³-hybridized carbons (Fsp3) is 0.700. The summed E-state index contributed by atoms with van der Waals surface area (Å²) in [5, 5.41) is 10.2. The zero-order chi connectivity index (χ0) is 15.5.